The Morgan fingerprint density at radius 2 is 2.15 bits per heavy atom. The van der Waals surface area contributed by atoms with Crippen molar-refractivity contribution in [1.82, 2.24) is 5.32 Å². The number of amides is 1. The molecule has 1 saturated heterocycles. The minimum atomic E-state index is 0.0138. The van der Waals surface area contributed by atoms with E-state index in [2.05, 4.69) is 19.2 Å². The number of nitrogens with two attached hydrogens (primary N) is 1. The summed E-state index contributed by atoms with van der Waals surface area (Å²) in [5.41, 5.74) is 5.99. The van der Waals surface area contributed by atoms with Gasteiger partial charge in [0.2, 0.25) is 5.91 Å². The average molecular weight is 184 g/mol. The van der Waals surface area contributed by atoms with Gasteiger partial charge >= 0.3 is 0 Å². The first-order valence-corrected chi connectivity index (χ1v) is 5.12. The van der Waals surface area contributed by atoms with Crippen LogP contribution in [0.5, 0.6) is 0 Å². The molecule has 3 atom stereocenters. The second-order valence-electron chi connectivity index (χ2n) is 4.34. The van der Waals surface area contributed by atoms with Gasteiger partial charge in [-0.1, -0.05) is 20.8 Å². The van der Waals surface area contributed by atoms with Crippen LogP contribution in [-0.4, -0.2) is 18.0 Å². The van der Waals surface area contributed by atoms with Gasteiger partial charge in [0.25, 0.3) is 0 Å². The van der Waals surface area contributed by atoms with Crippen molar-refractivity contribution in [1.29, 1.82) is 0 Å². The van der Waals surface area contributed by atoms with Crippen molar-refractivity contribution in [2.24, 2.45) is 17.6 Å². The van der Waals surface area contributed by atoms with Crippen LogP contribution >= 0.6 is 0 Å². The Bertz CT molecular complexity index is 191. The standard InChI is InChI=1S/C10H20N2O/c1-4-7-9(11)8(5-6(2)3)12-10(7)13/h6-9H,4-5,11H2,1-3H3,(H,12,13)/t7-,8+,9+/m1/s1. The maximum Gasteiger partial charge on any atom is 0.225 e. The molecule has 0 aromatic carbocycles. The molecule has 0 unspecified atom stereocenters. The Morgan fingerprint density at radius 3 is 2.54 bits per heavy atom. The lowest BCUT2D eigenvalue weighted by Gasteiger charge is -2.18. The van der Waals surface area contributed by atoms with Gasteiger partial charge in [0.05, 0.1) is 5.92 Å². The molecular formula is C10H20N2O. The molecule has 1 fully saturated rings. The van der Waals surface area contributed by atoms with Crippen molar-refractivity contribution in [3.05, 3.63) is 0 Å². The lowest BCUT2D eigenvalue weighted by Crippen LogP contribution is -2.39. The molecule has 0 aromatic rings. The first-order chi connectivity index (χ1) is 6.06. The summed E-state index contributed by atoms with van der Waals surface area (Å²) in [7, 11) is 0. The molecule has 3 heteroatoms. The summed E-state index contributed by atoms with van der Waals surface area (Å²) >= 11 is 0. The molecule has 0 aliphatic carbocycles. The Balaban J connectivity index is 2.56. The van der Waals surface area contributed by atoms with Gasteiger partial charge in [-0.25, -0.2) is 0 Å². The first kappa shape index (κ1) is 10.5. The van der Waals surface area contributed by atoms with Crippen LogP contribution in [0.15, 0.2) is 0 Å². The van der Waals surface area contributed by atoms with Crippen molar-refractivity contribution >= 4 is 5.91 Å². The summed E-state index contributed by atoms with van der Waals surface area (Å²) in [5.74, 6) is 0.761. The zero-order valence-corrected chi connectivity index (χ0v) is 8.71. The molecule has 3 nitrogen and oxygen atoms in total. The average Bonchev–Trinajstić information content (AvgIpc) is 2.26. The van der Waals surface area contributed by atoms with Crippen molar-refractivity contribution in [2.45, 2.75) is 45.7 Å². The lowest BCUT2D eigenvalue weighted by molar-refractivity contribution is -0.122. The highest BCUT2D eigenvalue weighted by Crippen LogP contribution is 2.21. The van der Waals surface area contributed by atoms with E-state index >= 15 is 0 Å². The second-order valence-corrected chi connectivity index (χ2v) is 4.34. The number of hydrogen-bond acceptors (Lipinski definition) is 2. The van der Waals surface area contributed by atoms with Crippen LogP contribution in [0.1, 0.15) is 33.6 Å². The Kier molecular flexibility index (Phi) is 3.31. The van der Waals surface area contributed by atoms with Gasteiger partial charge in [0, 0.05) is 12.1 Å². The largest absolute Gasteiger partial charge is 0.351 e. The quantitative estimate of drug-likeness (QED) is 0.684. The number of nitrogens with one attached hydrogen (secondary N) is 1. The number of carbonyl (C=O) groups is 1. The van der Waals surface area contributed by atoms with E-state index < -0.39 is 0 Å². The predicted octanol–water partition coefficient (Wildman–Crippen LogP) is 0.884. The van der Waals surface area contributed by atoms with Gasteiger partial charge in [-0.15, -0.1) is 0 Å². The third-order valence-electron chi connectivity index (χ3n) is 2.76. The lowest BCUT2D eigenvalue weighted by atomic mass is 9.92. The van der Waals surface area contributed by atoms with Gasteiger partial charge in [-0.3, -0.25) is 4.79 Å². The van der Waals surface area contributed by atoms with Crippen LogP contribution in [0.4, 0.5) is 0 Å². The summed E-state index contributed by atoms with van der Waals surface area (Å²) in [6.45, 7) is 6.32. The molecule has 76 valence electrons. The molecule has 0 aromatic heterocycles. The summed E-state index contributed by atoms with van der Waals surface area (Å²) in [5, 5.41) is 2.97. The molecule has 1 amide bonds. The van der Waals surface area contributed by atoms with Gasteiger partial charge in [0.15, 0.2) is 0 Å². The van der Waals surface area contributed by atoms with E-state index in [1.165, 1.54) is 0 Å². The molecule has 0 saturated carbocycles. The summed E-state index contributed by atoms with van der Waals surface area (Å²) in [6.07, 6.45) is 1.84. The van der Waals surface area contributed by atoms with Gasteiger partial charge < -0.3 is 11.1 Å². The summed E-state index contributed by atoms with van der Waals surface area (Å²) in [4.78, 5) is 11.4. The molecule has 3 N–H and O–H groups in total. The third kappa shape index (κ3) is 2.21. The topological polar surface area (TPSA) is 55.1 Å². The fourth-order valence-electron chi connectivity index (χ4n) is 2.02. The van der Waals surface area contributed by atoms with Crippen LogP contribution in [0.3, 0.4) is 0 Å². The fourth-order valence-corrected chi connectivity index (χ4v) is 2.02. The molecule has 0 radical (unpaired) electrons. The normalized spacial score (nSPS) is 33.9. The highest BCUT2D eigenvalue weighted by molar-refractivity contribution is 5.82. The van der Waals surface area contributed by atoms with Crippen LogP contribution in [-0.2, 0) is 4.79 Å². The van der Waals surface area contributed by atoms with E-state index in [0.717, 1.165) is 12.8 Å². The van der Waals surface area contributed by atoms with Crippen LogP contribution in [0.25, 0.3) is 0 Å². The van der Waals surface area contributed by atoms with E-state index in [0.29, 0.717) is 5.92 Å². The molecule has 1 rings (SSSR count). The predicted molar refractivity (Wildman–Crippen MR) is 53.1 cm³/mol. The van der Waals surface area contributed by atoms with E-state index in [-0.39, 0.29) is 23.9 Å². The summed E-state index contributed by atoms with van der Waals surface area (Å²) < 4.78 is 0. The highest BCUT2D eigenvalue weighted by atomic mass is 16.2. The van der Waals surface area contributed by atoms with E-state index in [1.54, 1.807) is 0 Å². The zero-order valence-electron chi connectivity index (χ0n) is 8.71. The SMILES string of the molecule is CC[C@H]1C(=O)N[C@@H](CC(C)C)[C@H]1N. The molecule has 13 heavy (non-hydrogen) atoms. The molecule has 0 spiro atoms. The molecule has 1 aliphatic heterocycles. The maximum absolute atomic E-state index is 11.4. The van der Waals surface area contributed by atoms with Gasteiger partial charge in [0.1, 0.15) is 0 Å². The van der Waals surface area contributed by atoms with E-state index in [9.17, 15) is 4.79 Å². The number of hydrogen-bond donors (Lipinski definition) is 2. The van der Waals surface area contributed by atoms with Gasteiger partial charge in [-0.2, -0.15) is 0 Å². The fraction of sp³-hybridized carbons (Fsp3) is 0.900. The minimum absolute atomic E-state index is 0.0138. The van der Waals surface area contributed by atoms with E-state index in [4.69, 9.17) is 5.73 Å². The Hall–Kier alpha value is -0.570. The summed E-state index contributed by atoms with van der Waals surface area (Å²) in [6, 6.07) is 0.206. The number of rotatable bonds is 3. The van der Waals surface area contributed by atoms with Gasteiger partial charge in [-0.05, 0) is 18.8 Å². The van der Waals surface area contributed by atoms with Crippen LogP contribution in [0.2, 0.25) is 0 Å². The zero-order chi connectivity index (χ0) is 10.0. The molecule has 1 heterocycles. The molecular weight excluding hydrogens is 164 g/mol. The molecule has 0 bridgehead atoms. The first-order valence-electron chi connectivity index (χ1n) is 5.12. The second kappa shape index (κ2) is 4.09. The molecule has 1 aliphatic rings. The van der Waals surface area contributed by atoms with E-state index in [1.807, 2.05) is 6.92 Å². The Labute approximate surface area is 80.1 Å². The maximum atomic E-state index is 11.4. The third-order valence-corrected chi connectivity index (χ3v) is 2.76. The van der Waals surface area contributed by atoms with Crippen molar-refractivity contribution < 1.29 is 4.79 Å². The Morgan fingerprint density at radius 1 is 1.54 bits per heavy atom. The van der Waals surface area contributed by atoms with Crippen molar-refractivity contribution in [3.8, 4) is 0 Å². The van der Waals surface area contributed by atoms with Crippen molar-refractivity contribution in [3.63, 3.8) is 0 Å². The minimum Gasteiger partial charge on any atom is -0.351 e. The number of carbonyl (C=O) groups excluding carboxylic acids is 1. The van der Waals surface area contributed by atoms with Crippen LogP contribution < -0.4 is 11.1 Å². The van der Waals surface area contributed by atoms with Crippen LogP contribution in [0, 0.1) is 11.8 Å². The monoisotopic (exact) mass is 184 g/mol. The smallest absolute Gasteiger partial charge is 0.225 e. The van der Waals surface area contributed by atoms with Crippen molar-refractivity contribution in [2.75, 3.05) is 0 Å². The highest BCUT2D eigenvalue weighted by Gasteiger charge is 2.38.